The summed E-state index contributed by atoms with van der Waals surface area (Å²) in [7, 11) is 0. The van der Waals surface area contributed by atoms with Crippen LogP contribution >= 0.6 is 11.8 Å². The molecule has 0 radical (unpaired) electrons. The van der Waals surface area contributed by atoms with E-state index < -0.39 is 0 Å². The molecule has 0 aromatic heterocycles. The molecule has 0 aliphatic carbocycles. The van der Waals surface area contributed by atoms with Crippen molar-refractivity contribution in [3.63, 3.8) is 0 Å². The molecule has 0 saturated carbocycles. The lowest BCUT2D eigenvalue weighted by molar-refractivity contribution is -0.116. The first-order valence-corrected chi connectivity index (χ1v) is 15.5. The zero-order valence-electron chi connectivity index (χ0n) is 24.1. The van der Waals surface area contributed by atoms with Gasteiger partial charge in [-0.25, -0.2) is 0 Å². The lowest BCUT2D eigenvalue weighted by Crippen LogP contribution is -2.32. The maximum absolute atomic E-state index is 12.6. The second kappa shape index (κ2) is 15.7. The maximum Gasteiger partial charge on any atom is 0.224 e. The average Bonchev–Trinajstić information content (AvgIpc) is 2.92. The molecule has 3 N–H and O–H groups in total. The van der Waals surface area contributed by atoms with Gasteiger partial charge in [0.1, 0.15) is 0 Å². The Labute approximate surface area is 240 Å². The van der Waals surface area contributed by atoms with Crippen LogP contribution < -0.4 is 10.6 Å². The third-order valence-corrected chi connectivity index (χ3v) is 8.20. The largest absolute Gasteiger partial charge is 0.393 e. The molecule has 39 heavy (non-hydrogen) atoms. The summed E-state index contributed by atoms with van der Waals surface area (Å²) < 4.78 is 0. The van der Waals surface area contributed by atoms with Crippen molar-refractivity contribution in [1.82, 2.24) is 0 Å². The van der Waals surface area contributed by atoms with Gasteiger partial charge in [-0.3, -0.25) is 4.79 Å². The van der Waals surface area contributed by atoms with Crippen molar-refractivity contribution < 1.29 is 9.90 Å². The average molecular weight is 547 g/mol. The van der Waals surface area contributed by atoms with Crippen molar-refractivity contribution >= 4 is 34.7 Å². The molecule has 5 heteroatoms. The van der Waals surface area contributed by atoms with Gasteiger partial charge in [-0.05, 0) is 83.9 Å². The van der Waals surface area contributed by atoms with Crippen LogP contribution in [0.3, 0.4) is 0 Å². The van der Waals surface area contributed by atoms with E-state index in [0.29, 0.717) is 18.8 Å². The van der Waals surface area contributed by atoms with Gasteiger partial charge in [0, 0.05) is 29.2 Å². The van der Waals surface area contributed by atoms with Crippen LogP contribution in [0.5, 0.6) is 0 Å². The van der Waals surface area contributed by atoms with Crippen LogP contribution in [0.4, 0.5) is 17.1 Å². The molecule has 0 saturated heterocycles. The van der Waals surface area contributed by atoms with Gasteiger partial charge in [-0.2, -0.15) is 11.8 Å². The molecule has 0 heterocycles. The number of rotatable bonds is 15. The van der Waals surface area contributed by atoms with E-state index in [1.165, 1.54) is 11.1 Å². The van der Waals surface area contributed by atoms with Crippen molar-refractivity contribution in [3.8, 4) is 0 Å². The molecule has 210 valence electrons. The molecule has 0 bridgehead atoms. The zero-order chi connectivity index (χ0) is 28.1. The Morgan fingerprint density at radius 1 is 0.872 bits per heavy atom. The van der Waals surface area contributed by atoms with Gasteiger partial charge in [0.15, 0.2) is 0 Å². The predicted molar refractivity (Wildman–Crippen MR) is 169 cm³/mol. The number of thioether (sulfide) groups is 1. The van der Waals surface area contributed by atoms with Gasteiger partial charge in [0.05, 0.1) is 6.10 Å². The topological polar surface area (TPSA) is 61.4 Å². The number of hydrogen-bond donors (Lipinski definition) is 3. The highest BCUT2D eigenvalue weighted by atomic mass is 32.2. The van der Waals surface area contributed by atoms with E-state index in [-0.39, 0.29) is 17.4 Å². The van der Waals surface area contributed by atoms with Gasteiger partial charge in [0.2, 0.25) is 5.91 Å². The second-order valence-electron chi connectivity index (χ2n) is 11.5. The van der Waals surface area contributed by atoms with Gasteiger partial charge in [-0.15, -0.1) is 0 Å². The number of anilines is 3. The first-order chi connectivity index (χ1) is 18.7. The van der Waals surface area contributed by atoms with Gasteiger partial charge in [-0.1, -0.05) is 83.0 Å². The highest BCUT2D eigenvalue weighted by Crippen LogP contribution is 2.34. The van der Waals surface area contributed by atoms with E-state index in [4.69, 9.17) is 0 Å². The van der Waals surface area contributed by atoms with Crippen LogP contribution in [0.25, 0.3) is 0 Å². The predicted octanol–water partition coefficient (Wildman–Crippen LogP) is 8.84. The summed E-state index contributed by atoms with van der Waals surface area (Å²) in [4.78, 5) is 12.6. The quantitative estimate of drug-likeness (QED) is 0.167. The summed E-state index contributed by atoms with van der Waals surface area (Å²) in [5.74, 6) is 2.33. The van der Waals surface area contributed by atoms with Gasteiger partial charge >= 0.3 is 0 Å². The number of para-hydroxylation sites is 1. The number of aliphatic hydroxyl groups is 1. The Bertz CT molecular complexity index is 1130. The van der Waals surface area contributed by atoms with E-state index in [1.807, 2.05) is 66.4 Å². The molecule has 2 atom stereocenters. The molecule has 0 aliphatic rings. The van der Waals surface area contributed by atoms with Crippen molar-refractivity contribution in [2.75, 3.05) is 16.4 Å². The summed E-state index contributed by atoms with van der Waals surface area (Å²) >= 11 is 1.93. The van der Waals surface area contributed by atoms with Crippen LogP contribution in [-0.4, -0.2) is 22.9 Å². The smallest absolute Gasteiger partial charge is 0.224 e. The van der Waals surface area contributed by atoms with Crippen molar-refractivity contribution in [1.29, 1.82) is 0 Å². The van der Waals surface area contributed by atoms with Crippen LogP contribution in [0.1, 0.15) is 70.9 Å². The monoisotopic (exact) mass is 546 g/mol. The third kappa shape index (κ3) is 11.1. The first-order valence-electron chi connectivity index (χ1n) is 14.3. The number of benzene rings is 3. The first kappa shape index (κ1) is 30.8. The van der Waals surface area contributed by atoms with E-state index in [1.54, 1.807) is 0 Å². The minimum Gasteiger partial charge on any atom is -0.393 e. The standard InChI is InChI=1S/C34H46N2O2S/c1-5-6-15-32(37)31(34(2,3)4)22-23-39-25-27-12-10-11-26(24-27)16-21-33(38)36-30-19-17-29(18-20-30)35-28-13-8-7-9-14-28/h7-14,17-20,24,31-32,35,37H,5-6,15-16,21-23,25H2,1-4H3,(H,36,38). The Balaban J connectivity index is 1.41. The van der Waals surface area contributed by atoms with E-state index in [9.17, 15) is 9.90 Å². The third-order valence-electron chi connectivity index (χ3n) is 7.14. The number of aliphatic hydroxyl groups excluding tert-OH is 1. The second-order valence-corrected chi connectivity index (χ2v) is 12.6. The minimum atomic E-state index is -0.219. The summed E-state index contributed by atoms with van der Waals surface area (Å²) in [6.07, 6.45) is 5.09. The SMILES string of the molecule is CCCCC(O)C(CCSCc1cccc(CCC(=O)Nc2ccc(Nc3ccccc3)cc2)c1)C(C)(C)C. The summed E-state index contributed by atoms with van der Waals surface area (Å²) in [6.45, 7) is 8.92. The number of amides is 1. The van der Waals surface area contributed by atoms with Crippen molar-refractivity contribution in [2.45, 2.75) is 78.1 Å². The van der Waals surface area contributed by atoms with Crippen LogP contribution in [0.15, 0.2) is 78.9 Å². The highest BCUT2D eigenvalue weighted by molar-refractivity contribution is 7.98. The molecule has 3 rings (SSSR count). The highest BCUT2D eigenvalue weighted by Gasteiger charge is 2.30. The molecule has 1 amide bonds. The Hall–Kier alpha value is -2.76. The fourth-order valence-electron chi connectivity index (χ4n) is 4.90. The summed E-state index contributed by atoms with van der Waals surface area (Å²) in [5, 5.41) is 17.1. The molecule has 2 unspecified atom stereocenters. The number of carbonyl (C=O) groups excluding carboxylic acids is 1. The Kier molecular flexibility index (Phi) is 12.4. The molecule has 3 aromatic rings. The van der Waals surface area contributed by atoms with Crippen LogP contribution in [-0.2, 0) is 17.0 Å². The normalized spacial score (nSPS) is 13.1. The van der Waals surface area contributed by atoms with Crippen molar-refractivity contribution in [3.05, 3.63) is 90.0 Å². The van der Waals surface area contributed by atoms with Crippen molar-refractivity contribution in [2.24, 2.45) is 11.3 Å². The van der Waals surface area contributed by atoms with E-state index in [0.717, 1.165) is 54.3 Å². The van der Waals surface area contributed by atoms with Crippen LogP contribution in [0, 0.1) is 11.3 Å². The molecule has 0 spiro atoms. The zero-order valence-corrected chi connectivity index (χ0v) is 24.9. The van der Waals surface area contributed by atoms with Gasteiger partial charge < -0.3 is 15.7 Å². The van der Waals surface area contributed by atoms with E-state index in [2.05, 4.69) is 62.6 Å². The number of carbonyl (C=O) groups is 1. The molecular weight excluding hydrogens is 500 g/mol. The number of hydrogen-bond acceptors (Lipinski definition) is 4. The van der Waals surface area contributed by atoms with E-state index >= 15 is 0 Å². The minimum absolute atomic E-state index is 0.0217. The molecular formula is C34H46N2O2S. The van der Waals surface area contributed by atoms with Crippen LogP contribution in [0.2, 0.25) is 0 Å². The Morgan fingerprint density at radius 3 is 2.23 bits per heavy atom. The summed E-state index contributed by atoms with van der Waals surface area (Å²) in [5.41, 5.74) is 5.40. The fraction of sp³-hybridized carbons (Fsp3) is 0.441. The maximum atomic E-state index is 12.6. The number of unbranched alkanes of at least 4 members (excludes halogenated alkanes) is 1. The number of aryl methyl sites for hydroxylation is 1. The fourth-order valence-corrected chi connectivity index (χ4v) is 5.88. The molecule has 4 nitrogen and oxygen atoms in total. The lowest BCUT2D eigenvalue weighted by Gasteiger charge is -2.34. The Morgan fingerprint density at radius 2 is 1.54 bits per heavy atom. The molecule has 3 aromatic carbocycles. The molecule has 0 fully saturated rings. The number of nitrogens with one attached hydrogen (secondary N) is 2. The molecule has 0 aliphatic heterocycles. The van der Waals surface area contributed by atoms with Gasteiger partial charge in [0.25, 0.3) is 0 Å². The summed E-state index contributed by atoms with van der Waals surface area (Å²) in [6, 6.07) is 26.4. The lowest BCUT2D eigenvalue weighted by atomic mass is 9.74.